The second-order valence-corrected chi connectivity index (χ2v) is 6.67. The second kappa shape index (κ2) is 8.15. The normalized spacial score (nSPS) is 17.6. The minimum absolute atomic E-state index is 0. The largest absolute Gasteiger partial charge is 0.497 e. The van der Waals surface area contributed by atoms with E-state index >= 15 is 0 Å². The molecular weight excluding hydrogens is 371 g/mol. The van der Waals surface area contributed by atoms with Gasteiger partial charge in [0, 0.05) is 6.54 Å². The predicted molar refractivity (Wildman–Crippen MR) is 103 cm³/mol. The lowest BCUT2D eigenvalue weighted by molar-refractivity contribution is -0.121. The van der Waals surface area contributed by atoms with Gasteiger partial charge >= 0.3 is 0 Å². The summed E-state index contributed by atoms with van der Waals surface area (Å²) in [6, 6.07) is 9.06. The molecule has 0 saturated carbocycles. The molecule has 2 aromatic carbocycles. The lowest BCUT2D eigenvalue weighted by Crippen LogP contribution is -2.33. The Balaban J connectivity index is 0.00000210. The van der Waals surface area contributed by atoms with Gasteiger partial charge in [-0.15, -0.1) is 12.4 Å². The van der Waals surface area contributed by atoms with E-state index in [9.17, 15) is 9.18 Å². The summed E-state index contributed by atoms with van der Waals surface area (Å²) in [5.41, 5.74) is 2.81. The van der Waals surface area contributed by atoms with Crippen LogP contribution in [0.5, 0.6) is 11.5 Å². The topological polar surface area (TPSA) is 59.6 Å². The zero-order chi connectivity index (χ0) is 18.1. The standard InChI is InChI=1S/C20H21FN2O3.ClH/c1-25-15-3-5-18-13(9-15)8-14(11-26-18)20(24)23-17-4-2-12-10-22-7-6-16(12)19(17)21;/h2-5,9,14,22H,6-8,10-11H2,1H3,(H,23,24);1H. The molecule has 0 saturated heterocycles. The Kier molecular flexibility index (Phi) is 5.87. The van der Waals surface area contributed by atoms with Crippen LogP contribution >= 0.6 is 12.4 Å². The number of hydrogen-bond acceptors (Lipinski definition) is 4. The number of ether oxygens (including phenoxy) is 2. The molecule has 2 aliphatic rings. The van der Waals surface area contributed by atoms with Crippen LogP contribution in [0.3, 0.4) is 0 Å². The molecule has 2 aromatic rings. The van der Waals surface area contributed by atoms with Gasteiger partial charge in [0.1, 0.15) is 23.9 Å². The Morgan fingerprint density at radius 2 is 2.15 bits per heavy atom. The van der Waals surface area contributed by atoms with Gasteiger partial charge in [0.2, 0.25) is 5.91 Å². The molecule has 27 heavy (non-hydrogen) atoms. The molecule has 7 heteroatoms. The summed E-state index contributed by atoms with van der Waals surface area (Å²) in [6.45, 7) is 1.69. The fourth-order valence-electron chi connectivity index (χ4n) is 3.53. The average molecular weight is 393 g/mol. The van der Waals surface area contributed by atoms with Crippen molar-refractivity contribution < 1.29 is 18.7 Å². The first-order valence-corrected chi connectivity index (χ1v) is 8.77. The van der Waals surface area contributed by atoms with E-state index in [1.165, 1.54) is 0 Å². The summed E-state index contributed by atoms with van der Waals surface area (Å²) >= 11 is 0. The molecule has 1 atom stereocenters. The summed E-state index contributed by atoms with van der Waals surface area (Å²) in [5, 5.41) is 5.96. The minimum Gasteiger partial charge on any atom is -0.497 e. The number of halogens is 2. The number of amides is 1. The lowest BCUT2D eigenvalue weighted by atomic mass is 9.95. The Hall–Kier alpha value is -2.31. The van der Waals surface area contributed by atoms with Crippen LogP contribution in [-0.4, -0.2) is 26.2 Å². The van der Waals surface area contributed by atoms with Crippen LogP contribution in [0.15, 0.2) is 30.3 Å². The molecule has 2 aliphatic heterocycles. The fraction of sp³-hybridized carbons (Fsp3) is 0.350. The number of methoxy groups -OCH3 is 1. The van der Waals surface area contributed by atoms with E-state index in [2.05, 4.69) is 10.6 Å². The molecule has 5 nitrogen and oxygen atoms in total. The maximum Gasteiger partial charge on any atom is 0.231 e. The van der Waals surface area contributed by atoms with E-state index in [4.69, 9.17) is 9.47 Å². The Morgan fingerprint density at radius 3 is 2.96 bits per heavy atom. The van der Waals surface area contributed by atoms with Gasteiger partial charge in [-0.2, -0.15) is 0 Å². The van der Waals surface area contributed by atoms with Gasteiger partial charge in [-0.1, -0.05) is 6.07 Å². The first kappa shape index (κ1) is 19.5. The zero-order valence-electron chi connectivity index (χ0n) is 15.0. The Labute approximate surface area is 163 Å². The highest BCUT2D eigenvalue weighted by Gasteiger charge is 2.27. The van der Waals surface area contributed by atoms with Crippen LogP contribution in [0.25, 0.3) is 0 Å². The van der Waals surface area contributed by atoms with Crippen molar-refractivity contribution in [2.45, 2.75) is 19.4 Å². The third kappa shape index (κ3) is 3.87. The van der Waals surface area contributed by atoms with E-state index in [0.717, 1.165) is 29.2 Å². The minimum atomic E-state index is -0.369. The highest BCUT2D eigenvalue weighted by Crippen LogP contribution is 2.31. The molecular formula is C20H22ClFN2O3. The number of benzene rings is 2. The number of rotatable bonds is 3. The molecule has 4 rings (SSSR count). The molecule has 2 N–H and O–H groups in total. The fourth-order valence-corrected chi connectivity index (χ4v) is 3.53. The molecule has 1 amide bonds. The van der Waals surface area contributed by atoms with Crippen molar-refractivity contribution >= 4 is 24.0 Å². The summed E-state index contributed by atoms with van der Waals surface area (Å²) in [5.74, 6) is 0.569. The van der Waals surface area contributed by atoms with Crippen LogP contribution in [0, 0.1) is 11.7 Å². The molecule has 1 unspecified atom stereocenters. The average Bonchev–Trinajstić information content (AvgIpc) is 2.69. The van der Waals surface area contributed by atoms with Crippen molar-refractivity contribution in [3.8, 4) is 11.5 Å². The number of fused-ring (bicyclic) bond motifs is 2. The number of carbonyl (C=O) groups excluding carboxylic acids is 1. The van der Waals surface area contributed by atoms with Gasteiger partial charge < -0.3 is 20.1 Å². The van der Waals surface area contributed by atoms with Crippen molar-refractivity contribution in [2.75, 3.05) is 25.6 Å². The maximum atomic E-state index is 14.7. The Morgan fingerprint density at radius 1 is 1.30 bits per heavy atom. The van der Waals surface area contributed by atoms with E-state index in [1.54, 1.807) is 13.2 Å². The van der Waals surface area contributed by atoms with Gasteiger partial charge in [-0.3, -0.25) is 4.79 Å². The molecule has 0 aliphatic carbocycles. The predicted octanol–water partition coefficient (Wildman–Crippen LogP) is 3.09. The third-order valence-electron chi connectivity index (χ3n) is 5.01. The van der Waals surface area contributed by atoms with Gasteiger partial charge in [-0.05, 0) is 60.3 Å². The van der Waals surface area contributed by atoms with Crippen molar-refractivity contribution in [1.29, 1.82) is 0 Å². The zero-order valence-corrected chi connectivity index (χ0v) is 15.8. The van der Waals surface area contributed by atoms with Crippen molar-refractivity contribution in [3.05, 3.63) is 52.8 Å². The van der Waals surface area contributed by atoms with E-state index in [-0.39, 0.29) is 42.3 Å². The first-order valence-electron chi connectivity index (χ1n) is 8.77. The number of anilines is 1. The molecule has 2 heterocycles. The highest BCUT2D eigenvalue weighted by atomic mass is 35.5. The van der Waals surface area contributed by atoms with Crippen LogP contribution < -0.4 is 20.1 Å². The van der Waals surface area contributed by atoms with E-state index in [0.29, 0.717) is 24.9 Å². The number of nitrogens with one attached hydrogen (secondary N) is 2. The molecule has 0 radical (unpaired) electrons. The van der Waals surface area contributed by atoms with E-state index < -0.39 is 0 Å². The molecule has 0 fully saturated rings. The quantitative estimate of drug-likeness (QED) is 0.842. The molecule has 0 spiro atoms. The maximum absolute atomic E-state index is 14.7. The molecule has 0 bridgehead atoms. The SMILES string of the molecule is COc1ccc2c(c1)CC(C(=O)Nc1ccc3c(c1F)CCNC3)CO2.Cl. The smallest absolute Gasteiger partial charge is 0.231 e. The van der Waals surface area contributed by atoms with Crippen molar-refractivity contribution in [2.24, 2.45) is 5.92 Å². The van der Waals surface area contributed by atoms with Gasteiger partial charge in [0.15, 0.2) is 0 Å². The van der Waals surface area contributed by atoms with Gasteiger partial charge in [0.25, 0.3) is 0 Å². The lowest BCUT2D eigenvalue weighted by Gasteiger charge is -2.25. The highest BCUT2D eigenvalue weighted by molar-refractivity contribution is 5.93. The number of hydrogen-bond donors (Lipinski definition) is 2. The summed E-state index contributed by atoms with van der Waals surface area (Å²) in [6.07, 6.45) is 1.17. The third-order valence-corrected chi connectivity index (χ3v) is 5.01. The van der Waals surface area contributed by atoms with E-state index in [1.807, 2.05) is 24.3 Å². The van der Waals surface area contributed by atoms with Crippen LogP contribution in [0.4, 0.5) is 10.1 Å². The monoisotopic (exact) mass is 392 g/mol. The van der Waals surface area contributed by atoms with Crippen LogP contribution in [0.2, 0.25) is 0 Å². The second-order valence-electron chi connectivity index (χ2n) is 6.67. The summed E-state index contributed by atoms with van der Waals surface area (Å²) in [7, 11) is 1.60. The van der Waals surface area contributed by atoms with Crippen molar-refractivity contribution in [3.63, 3.8) is 0 Å². The molecule has 144 valence electrons. The first-order chi connectivity index (χ1) is 12.7. The van der Waals surface area contributed by atoms with Crippen LogP contribution in [-0.2, 0) is 24.2 Å². The van der Waals surface area contributed by atoms with Crippen molar-refractivity contribution in [1.82, 2.24) is 5.32 Å². The van der Waals surface area contributed by atoms with Gasteiger partial charge in [-0.25, -0.2) is 4.39 Å². The summed E-state index contributed by atoms with van der Waals surface area (Å²) in [4.78, 5) is 12.7. The number of carbonyl (C=O) groups is 1. The Bertz CT molecular complexity index is 859. The van der Waals surface area contributed by atoms with Gasteiger partial charge in [0.05, 0.1) is 18.7 Å². The van der Waals surface area contributed by atoms with Crippen LogP contribution in [0.1, 0.15) is 16.7 Å². The summed E-state index contributed by atoms with van der Waals surface area (Å²) < 4.78 is 25.7. The molecule has 0 aromatic heterocycles.